The van der Waals surface area contributed by atoms with E-state index in [0.29, 0.717) is 18.5 Å². The average molecular weight is 327 g/mol. The van der Waals surface area contributed by atoms with Crippen molar-refractivity contribution < 1.29 is 14.7 Å². The molecule has 1 aromatic rings. The monoisotopic (exact) mass is 326 g/mol. The van der Waals surface area contributed by atoms with E-state index in [1.807, 2.05) is 19.1 Å². The van der Waals surface area contributed by atoms with E-state index in [2.05, 4.69) is 26.6 Å². The van der Waals surface area contributed by atoms with Crippen LogP contribution < -0.4 is 10.6 Å². The Morgan fingerprint density at radius 3 is 2.58 bits per heavy atom. The third-order valence-electron chi connectivity index (χ3n) is 3.19. The molecule has 19 heavy (non-hydrogen) atoms. The van der Waals surface area contributed by atoms with Gasteiger partial charge in [0.1, 0.15) is 0 Å². The first kappa shape index (κ1) is 13.9. The molecule has 0 heterocycles. The van der Waals surface area contributed by atoms with Crippen LogP contribution in [0.1, 0.15) is 18.4 Å². The number of hydrogen-bond donors (Lipinski definition) is 3. The quantitative estimate of drug-likeness (QED) is 0.796. The smallest absolute Gasteiger partial charge is 0.319 e. The van der Waals surface area contributed by atoms with E-state index in [1.54, 1.807) is 6.07 Å². The van der Waals surface area contributed by atoms with Gasteiger partial charge in [0, 0.05) is 16.7 Å². The van der Waals surface area contributed by atoms with Crippen molar-refractivity contribution in [2.75, 3.05) is 11.9 Å². The molecule has 0 radical (unpaired) electrons. The average Bonchev–Trinajstić information content (AvgIpc) is 3.05. The highest BCUT2D eigenvalue weighted by Gasteiger charge is 2.50. The number of urea groups is 1. The first-order chi connectivity index (χ1) is 8.91. The normalized spacial score (nSPS) is 15.7. The van der Waals surface area contributed by atoms with E-state index in [4.69, 9.17) is 5.11 Å². The fourth-order valence-corrected chi connectivity index (χ4v) is 2.46. The Hall–Kier alpha value is -1.56. The van der Waals surface area contributed by atoms with E-state index in [0.717, 1.165) is 10.0 Å². The van der Waals surface area contributed by atoms with Gasteiger partial charge in [-0.05, 0) is 43.5 Å². The van der Waals surface area contributed by atoms with Crippen molar-refractivity contribution in [3.8, 4) is 0 Å². The number of anilines is 1. The molecule has 1 fully saturated rings. The Kier molecular flexibility index (Phi) is 3.80. The zero-order valence-electron chi connectivity index (χ0n) is 10.5. The molecule has 3 N–H and O–H groups in total. The van der Waals surface area contributed by atoms with E-state index >= 15 is 0 Å². The second-order valence-electron chi connectivity index (χ2n) is 4.91. The minimum atomic E-state index is -0.842. The Morgan fingerprint density at radius 2 is 2.05 bits per heavy atom. The molecule has 0 saturated heterocycles. The van der Waals surface area contributed by atoms with Gasteiger partial charge in [-0.2, -0.15) is 0 Å². The summed E-state index contributed by atoms with van der Waals surface area (Å²) in [4.78, 5) is 22.7. The molecule has 0 spiro atoms. The number of rotatable bonds is 4. The maximum Gasteiger partial charge on any atom is 0.319 e. The molecule has 102 valence electrons. The van der Waals surface area contributed by atoms with Crippen molar-refractivity contribution >= 4 is 33.6 Å². The summed E-state index contributed by atoms with van der Waals surface area (Å²) < 4.78 is 0.881. The lowest BCUT2D eigenvalue weighted by atomic mass is 10.1. The van der Waals surface area contributed by atoms with Crippen LogP contribution in [0.4, 0.5) is 10.5 Å². The fourth-order valence-electron chi connectivity index (χ4n) is 1.85. The minimum Gasteiger partial charge on any atom is -0.481 e. The number of carbonyl (C=O) groups is 2. The van der Waals surface area contributed by atoms with Crippen molar-refractivity contribution in [2.24, 2.45) is 5.41 Å². The second-order valence-corrected chi connectivity index (χ2v) is 5.83. The summed E-state index contributed by atoms with van der Waals surface area (Å²) in [5.74, 6) is -0.842. The standard InChI is InChI=1S/C13H15BrN2O3/c1-8-4-9(14)6-10(5-8)16-12(19)15-7-13(2-3-13)11(17)18/h4-6H,2-3,7H2,1H3,(H,17,18)(H2,15,16,19). The largest absolute Gasteiger partial charge is 0.481 e. The van der Waals surface area contributed by atoms with Gasteiger partial charge in [-0.25, -0.2) is 4.79 Å². The van der Waals surface area contributed by atoms with Crippen molar-refractivity contribution in [1.29, 1.82) is 0 Å². The van der Waals surface area contributed by atoms with Gasteiger partial charge in [0.25, 0.3) is 0 Å². The fraction of sp³-hybridized carbons (Fsp3) is 0.385. The number of carboxylic acids is 1. The molecule has 6 heteroatoms. The number of aliphatic carboxylic acids is 1. The molecule has 5 nitrogen and oxygen atoms in total. The lowest BCUT2D eigenvalue weighted by Gasteiger charge is -2.12. The van der Waals surface area contributed by atoms with E-state index < -0.39 is 11.4 Å². The van der Waals surface area contributed by atoms with Gasteiger partial charge in [0.15, 0.2) is 0 Å². The maximum atomic E-state index is 11.7. The summed E-state index contributed by atoms with van der Waals surface area (Å²) >= 11 is 3.35. The van der Waals surface area contributed by atoms with E-state index in [-0.39, 0.29) is 12.6 Å². The number of carboxylic acid groups (broad SMARTS) is 1. The van der Waals surface area contributed by atoms with Crippen LogP contribution in [0.15, 0.2) is 22.7 Å². The summed E-state index contributed by atoms with van der Waals surface area (Å²) in [7, 11) is 0. The summed E-state index contributed by atoms with van der Waals surface area (Å²) in [5.41, 5.74) is 0.947. The predicted molar refractivity (Wildman–Crippen MR) is 75.2 cm³/mol. The van der Waals surface area contributed by atoms with Crippen LogP contribution in [-0.2, 0) is 4.79 Å². The van der Waals surface area contributed by atoms with Crippen LogP contribution in [0.2, 0.25) is 0 Å². The molecule has 1 aliphatic rings. The van der Waals surface area contributed by atoms with Gasteiger partial charge in [-0.1, -0.05) is 15.9 Å². The van der Waals surface area contributed by atoms with Crippen molar-refractivity contribution in [1.82, 2.24) is 5.32 Å². The highest BCUT2D eigenvalue weighted by atomic mass is 79.9. The van der Waals surface area contributed by atoms with Crippen LogP contribution in [-0.4, -0.2) is 23.7 Å². The lowest BCUT2D eigenvalue weighted by Crippen LogP contribution is -2.36. The van der Waals surface area contributed by atoms with Gasteiger partial charge < -0.3 is 15.7 Å². The zero-order valence-corrected chi connectivity index (χ0v) is 12.1. The number of amides is 2. The van der Waals surface area contributed by atoms with Crippen molar-refractivity contribution in [3.63, 3.8) is 0 Å². The minimum absolute atomic E-state index is 0.168. The first-order valence-electron chi connectivity index (χ1n) is 5.97. The maximum absolute atomic E-state index is 11.7. The summed E-state index contributed by atoms with van der Waals surface area (Å²) in [6, 6.07) is 5.18. The number of halogens is 1. The zero-order chi connectivity index (χ0) is 14.0. The summed E-state index contributed by atoms with van der Waals surface area (Å²) in [5, 5.41) is 14.3. The van der Waals surface area contributed by atoms with Crippen LogP contribution in [0.25, 0.3) is 0 Å². The summed E-state index contributed by atoms with van der Waals surface area (Å²) in [6.07, 6.45) is 1.25. The molecular formula is C13H15BrN2O3. The second kappa shape index (κ2) is 5.21. The topological polar surface area (TPSA) is 78.4 Å². The van der Waals surface area contributed by atoms with Gasteiger partial charge >= 0.3 is 12.0 Å². The highest BCUT2D eigenvalue weighted by Crippen LogP contribution is 2.45. The van der Waals surface area contributed by atoms with Gasteiger partial charge in [0.05, 0.1) is 5.41 Å². The Morgan fingerprint density at radius 1 is 1.37 bits per heavy atom. The third-order valence-corrected chi connectivity index (χ3v) is 3.65. The van der Waals surface area contributed by atoms with Crippen molar-refractivity contribution in [2.45, 2.75) is 19.8 Å². The predicted octanol–water partition coefficient (Wildman–Crippen LogP) is 2.74. The molecule has 0 aliphatic heterocycles. The van der Waals surface area contributed by atoms with E-state index in [1.165, 1.54) is 0 Å². The number of hydrogen-bond acceptors (Lipinski definition) is 2. The molecule has 1 aliphatic carbocycles. The molecule has 1 saturated carbocycles. The molecular weight excluding hydrogens is 312 g/mol. The number of aryl methyl sites for hydroxylation is 1. The number of carbonyl (C=O) groups excluding carboxylic acids is 1. The highest BCUT2D eigenvalue weighted by molar-refractivity contribution is 9.10. The molecule has 0 bridgehead atoms. The van der Waals surface area contributed by atoms with Crippen LogP contribution in [0, 0.1) is 12.3 Å². The summed E-state index contributed by atoms with van der Waals surface area (Å²) in [6.45, 7) is 2.10. The van der Waals surface area contributed by atoms with Crippen LogP contribution in [0.3, 0.4) is 0 Å². The Balaban J connectivity index is 1.89. The van der Waals surface area contributed by atoms with Gasteiger partial charge in [-0.3, -0.25) is 4.79 Å². The van der Waals surface area contributed by atoms with Crippen molar-refractivity contribution in [3.05, 3.63) is 28.2 Å². The molecule has 0 aromatic heterocycles. The molecule has 2 amide bonds. The van der Waals surface area contributed by atoms with Crippen LogP contribution in [0.5, 0.6) is 0 Å². The Labute approximate surface area is 119 Å². The molecule has 0 atom stereocenters. The lowest BCUT2D eigenvalue weighted by molar-refractivity contribution is -0.143. The van der Waals surface area contributed by atoms with E-state index in [9.17, 15) is 9.59 Å². The number of nitrogens with one attached hydrogen (secondary N) is 2. The molecule has 1 aromatic carbocycles. The van der Waals surface area contributed by atoms with Crippen LogP contribution >= 0.6 is 15.9 Å². The third kappa shape index (κ3) is 3.47. The molecule has 2 rings (SSSR count). The molecule has 0 unspecified atom stereocenters. The number of benzene rings is 1. The van der Waals surface area contributed by atoms with Gasteiger partial charge in [0.2, 0.25) is 0 Å². The SMILES string of the molecule is Cc1cc(Br)cc(NC(=O)NCC2(C(=O)O)CC2)c1. The van der Waals surface area contributed by atoms with Gasteiger partial charge in [-0.15, -0.1) is 0 Å². The Bertz CT molecular complexity index is 506. The first-order valence-corrected chi connectivity index (χ1v) is 6.76.